The first kappa shape index (κ1) is 22.5. The Morgan fingerprint density at radius 1 is 1.03 bits per heavy atom. The van der Waals surface area contributed by atoms with Gasteiger partial charge in [0, 0.05) is 6.54 Å². The van der Waals surface area contributed by atoms with Crippen LogP contribution in [0.5, 0.6) is 5.75 Å². The molecule has 0 radical (unpaired) electrons. The molecule has 33 heavy (non-hydrogen) atoms. The van der Waals surface area contributed by atoms with Crippen molar-refractivity contribution in [3.05, 3.63) is 65.7 Å². The fraction of sp³-hybridized carbons (Fsp3) is 0.552. The zero-order valence-corrected chi connectivity index (χ0v) is 19.8. The number of rotatable bonds is 10. The molecule has 4 heteroatoms. The maximum absolute atomic E-state index is 11.7. The number of ether oxygens (including phenoxy) is 1. The minimum atomic E-state index is -0.599. The van der Waals surface area contributed by atoms with E-state index in [-0.39, 0.29) is 0 Å². The second kappa shape index (κ2) is 9.13. The van der Waals surface area contributed by atoms with E-state index in [1.54, 1.807) is 7.11 Å². The van der Waals surface area contributed by atoms with Crippen LogP contribution >= 0.6 is 0 Å². The van der Waals surface area contributed by atoms with Crippen molar-refractivity contribution < 1.29 is 14.6 Å². The second-order valence-electron chi connectivity index (χ2n) is 10.9. The number of carbonyl (C=O) groups is 1. The number of benzene rings is 2. The highest BCUT2D eigenvalue weighted by Gasteiger charge is 2.52. The van der Waals surface area contributed by atoms with Crippen LogP contribution in [0.3, 0.4) is 0 Å². The minimum absolute atomic E-state index is 0.314. The summed E-state index contributed by atoms with van der Waals surface area (Å²) in [6.45, 7) is 2.79. The van der Waals surface area contributed by atoms with E-state index in [1.165, 1.54) is 30.4 Å². The molecule has 2 aromatic carbocycles. The van der Waals surface area contributed by atoms with Crippen molar-refractivity contribution >= 4 is 5.97 Å². The van der Waals surface area contributed by atoms with Gasteiger partial charge in [-0.2, -0.15) is 0 Å². The van der Waals surface area contributed by atoms with Crippen LogP contribution in [0.15, 0.2) is 54.6 Å². The largest absolute Gasteiger partial charge is 0.497 e. The van der Waals surface area contributed by atoms with E-state index < -0.39 is 11.4 Å². The first-order valence-electron chi connectivity index (χ1n) is 12.6. The van der Waals surface area contributed by atoms with E-state index in [2.05, 4.69) is 59.5 Å². The predicted molar refractivity (Wildman–Crippen MR) is 131 cm³/mol. The number of hydrogen-bond acceptors (Lipinski definition) is 3. The summed E-state index contributed by atoms with van der Waals surface area (Å²) in [6.07, 6.45) is 9.03. The lowest BCUT2D eigenvalue weighted by atomic mass is 9.70. The number of nitrogens with zero attached hydrogens (tertiary/aromatic N) is 1. The van der Waals surface area contributed by atoms with Gasteiger partial charge in [-0.1, -0.05) is 42.5 Å². The summed E-state index contributed by atoms with van der Waals surface area (Å²) >= 11 is 0. The van der Waals surface area contributed by atoms with E-state index in [0.717, 1.165) is 69.3 Å². The molecule has 2 aliphatic carbocycles. The Kier molecular flexibility index (Phi) is 6.22. The lowest BCUT2D eigenvalue weighted by Gasteiger charge is -2.43. The molecule has 1 saturated heterocycles. The fourth-order valence-corrected chi connectivity index (χ4v) is 6.06. The van der Waals surface area contributed by atoms with Gasteiger partial charge in [0.2, 0.25) is 0 Å². The smallest absolute Gasteiger partial charge is 0.310 e. The molecule has 2 aromatic rings. The lowest BCUT2D eigenvalue weighted by Crippen LogP contribution is -2.44. The second-order valence-corrected chi connectivity index (χ2v) is 10.9. The average molecular weight is 448 g/mol. The van der Waals surface area contributed by atoms with E-state index in [4.69, 9.17) is 4.74 Å². The van der Waals surface area contributed by atoms with Gasteiger partial charge in [0.1, 0.15) is 5.75 Å². The van der Waals surface area contributed by atoms with E-state index in [0.29, 0.717) is 5.41 Å². The highest BCUT2D eigenvalue weighted by molar-refractivity contribution is 5.78. The Labute approximate surface area is 198 Å². The Morgan fingerprint density at radius 3 is 2.33 bits per heavy atom. The summed E-state index contributed by atoms with van der Waals surface area (Å²) in [7, 11) is 1.72. The van der Waals surface area contributed by atoms with Crippen LogP contribution in [0.25, 0.3) is 0 Å². The van der Waals surface area contributed by atoms with E-state index in [1.807, 2.05) is 0 Å². The number of hydrogen-bond donors (Lipinski definition) is 1. The summed E-state index contributed by atoms with van der Waals surface area (Å²) in [5, 5.41) is 9.61. The Morgan fingerprint density at radius 2 is 1.73 bits per heavy atom. The molecule has 5 rings (SSSR count). The molecule has 1 unspecified atom stereocenters. The van der Waals surface area contributed by atoms with Crippen molar-refractivity contribution in [3.8, 4) is 5.75 Å². The van der Waals surface area contributed by atoms with Gasteiger partial charge in [-0.25, -0.2) is 0 Å². The number of carboxylic acids is 1. The van der Waals surface area contributed by atoms with E-state index >= 15 is 0 Å². The fourth-order valence-electron chi connectivity index (χ4n) is 6.06. The number of methoxy groups -OCH3 is 1. The predicted octanol–water partition coefficient (Wildman–Crippen LogP) is 5.77. The molecule has 0 bridgehead atoms. The van der Waals surface area contributed by atoms with Crippen molar-refractivity contribution in [2.24, 2.45) is 16.7 Å². The Balaban J connectivity index is 1.23. The topological polar surface area (TPSA) is 49.8 Å². The molecular formula is C29H37NO3. The van der Waals surface area contributed by atoms with Gasteiger partial charge in [0.25, 0.3) is 0 Å². The average Bonchev–Trinajstić information content (AvgIpc) is 3.77. The standard InChI is InChI=1S/C29H37NO3/c1-33-25-9-7-22(8-10-25)20-28(12-11-24-19-26(24)23-5-3-2-4-6-23)15-17-30(18-16-28)21-29(13-14-29)27(31)32/h2-10,24,26H,11-21H2,1H3,(H,31,32)/t24-,26?/m1/s1. The van der Waals surface area contributed by atoms with Crippen molar-refractivity contribution in [2.45, 2.75) is 57.3 Å². The van der Waals surface area contributed by atoms with Gasteiger partial charge in [-0.15, -0.1) is 0 Å². The van der Waals surface area contributed by atoms with Gasteiger partial charge in [-0.3, -0.25) is 4.79 Å². The highest BCUT2D eigenvalue weighted by atomic mass is 16.5. The molecule has 0 aromatic heterocycles. The summed E-state index contributed by atoms with van der Waals surface area (Å²) in [5.74, 6) is 1.88. The number of piperidine rings is 1. The van der Waals surface area contributed by atoms with Gasteiger partial charge >= 0.3 is 5.97 Å². The van der Waals surface area contributed by atoms with Crippen molar-refractivity contribution in [2.75, 3.05) is 26.7 Å². The van der Waals surface area contributed by atoms with Crippen LogP contribution in [0.1, 0.15) is 62.0 Å². The van der Waals surface area contributed by atoms with Gasteiger partial charge in [-0.05, 0) is 105 Å². The molecule has 2 saturated carbocycles. The van der Waals surface area contributed by atoms with Crippen molar-refractivity contribution in [1.29, 1.82) is 0 Å². The molecule has 1 N–H and O–H groups in total. The molecule has 0 spiro atoms. The van der Waals surface area contributed by atoms with Crippen LogP contribution in [-0.2, 0) is 11.2 Å². The molecule has 2 atom stereocenters. The number of aliphatic carboxylic acids is 1. The van der Waals surface area contributed by atoms with Crippen LogP contribution in [-0.4, -0.2) is 42.7 Å². The molecule has 1 heterocycles. The van der Waals surface area contributed by atoms with Gasteiger partial charge < -0.3 is 14.7 Å². The van der Waals surface area contributed by atoms with Crippen LogP contribution in [0.4, 0.5) is 0 Å². The Hall–Kier alpha value is -2.33. The number of likely N-dealkylation sites (tertiary alicyclic amines) is 1. The lowest BCUT2D eigenvalue weighted by molar-refractivity contribution is -0.144. The van der Waals surface area contributed by atoms with Crippen LogP contribution in [0.2, 0.25) is 0 Å². The van der Waals surface area contributed by atoms with Crippen molar-refractivity contribution in [1.82, 2.24) is 4.90 Å². The van der Waals surface area contributed by atoms with Gasteiger partial charge in [0.15, 0.2) is 0 Å². The molecular weight excluding hydrogens is 410 g/mol. The molecule has 4 nitrogen and oxygen atoms in total. The summed E-state index contributed by atoms with van der Waals surface area (Å²) in [6, 6.07) is 19.6. The van der Waals surface area contributed by atoms with Crippen LogP contribution in [0, 0.1) is 16.7 Å². The maximum Gasteiger partial charge on any atom is 0.310 e. The highest BCUT2D eigenvalue weighted by Crippen LogP contribution is 2.53. The van der Waals surface area contributed by atoms with E-state index in [9.17, 15) is 9.90 Å². The molecule has 3 fully saturated rings. The zero-order chi connectivity index (χ0) is 22.9. The normalized spacial score (nSPS) is 25.4. The molecule has 1 aliphatic heterocycles. The van der Waals surface area contributed by atoms with Crippen LogP contribution < -0.4 is 4.74 Å². The summed E-state index contributed by atoms with van der Waals surface area (Å²) in [5.41, 5.74) is 2.76. The first-order valence-corrected chi connectivity index (χ1v) is 12.6. The number of carboxylic acid groups (broad SMARTS) is 1. The van der Waals surface area contributed by atoms with Crippen molar-refractivity contribution in [3.63, 3.8) is 0 Å². The molecule has 0 amide bonds. The third-order valence-corrected chi connectivity index (χ3v) is 8.68. The molecule has 176 valence electrons. The maximum atomic E-state index is 11.7. The Bertz CT molecular complexity index is 943. The third kappa shape index (κ3) is 5.11. The minimum Gasteiger partial charge on any atom is -0.497 e. The zero-order valence-electron chi connectivity index (χ0n) is 19.8. The monoisotopic (exact) mass is 447 g/mol. The quantitative estimate of drug-likeness (QED) is 0.502. The third-order valence-electron chi connectivity index (χ3n) is 8.68. The van der Waals surface area contributed by atoms with Gasteiger partial charge in [0.05, 0.1) is 12.5 Å². The summed E-state index contributed by atoms with van der Waals surface area (Å²) in [4.78, 5) is 14.1. The first-order chi connectivity index (χ1) is 16.0. The molecule has 3 aliphatic rings. The summed E-state index contributed by atoms with van der Waals surface area (Å²) < 4.78 is 5.36. The SMILES string of the molecule is COc1ccc(CC2(CC[C@@H]3CC3c3ccccc3)CCN(CC3(C(=O)O)CC3)CC2)cc1.